The number of hydrogen-bond acceptors (Lipinski definition) is 5. The van der Waals surface area contributed by atoms with Crippen LogP contribution in [-0.2, 0) is 4.74 Å². The topological polar surface area (TPSA) is 83.6 Å². The molecule has 1 aromatic heterocycles. The Balaban J connectivity index is 2.31. The van der Waals surface area contributed by atoms with E-state index >= 15 is 0 Å². The van der Waals surface area contributed by atoms with E-state index < -0.39 is 58.0 Å². The van der Waals surface area contributed by atoms with Gasteiger partial charge < -0.3 is 24.9 Å². The van der Waals surface area contributed by atoms with Gasteiger partial charge in [-0.3, -0.25) is 4.79 Å². The maximum atomic E-state index is 14.7. The van der Waals surface area contributed by atoms with Gasteiger partial charge in [-0.1, -0.05) is 17.7 Å². The summed E-state index contributed by atoms with van der Waals surface area (Å²) in [5, 5.41) is 13.1. The number of benzene rings is 2. The number of rotatable bonds is 8. The lowest BCUT2D eigenvalue weighted by Crippen LogP contribution is -2.56. The molecule has 0 fully saturated rings. The first-order valence-corrected chi connectivity index (χ1v) is 10.3. The molecule has 0 aliphatic rings. The fraction of sp³-hybridized carbons (Fsp3) is 0.318. The van der Waals surface area contributed by atoms with Gasteiger partial charge in [0.1, 0.15) is 5.82 Å². The lowest BCUT2D eigenvalue weighted by molar-refractivity contribution is -0.281. The molecule has 0 amide bonds. The maximum Gasteiger partial charge on any atom is 0.421 e. The van der Waals surface area contributed by atoms with Crippen molar-refractivity contribution in [1.82, 2.24) is 4.98 Å². The van der Waals surface area contributed by atoms with E-state index in [0.29, 0.717) is 0 Å². The van der Waals surface area contributed by atoms with Gasteiger partial charge in [-0.2, -0.15) is 13.2 Å². The summed E-state index contributed by atoms with van der Waals surface area (Å²) in [7, 11) is 1.02. The normalized spacial score (nSPS) is 14.6. The van der Waals surface area contributed by atoms with E-state index in [9.17, 15) is 31.9 Å². The van der Waals surface area contributed by atoms with Crippen LogP contribution in [0.3, 0.4) is 0 Å². The minimum Gasteiger partial charge on any atom is -0.493 e. The summed E-state index contributed by atoms with van der Waals surface area (Å²) in [4.78, 5) is 14.0. The highest BCUT2D eigenvalue weighted by atomic mass is 35.5. The number of alkyl halides is 3. The van der Waals surface area contributed by atoms with Crippen LogP contribution >= 0.6 is 11.6 Å². The maximum absolute atomic E-state index is 14.7. The zero-order chi connectivity index (χ0) is 25.3. The number of methoxy groups -OCH3 is 1. The van der Waals surface area contributed by atoms with Gasteiger partial charge in [-0.15, -0.1) is 0 Å². The molecule has 6 nitrogen and oxygen atoms in total. The third-order valence-electron chi connectivity index (χ3n) is 5.19. The SMILES string of the molecule is CCOCC(O)(C(Nc1cc(F)cc2[nH]c(=O)ccc12)c1ccc(Cl)c(F)c1OC)C(F)(F)F. The van der Waals surface area contributed by atoms with E-state index in [0.717, 1.165) is 37.4 Å². The number of halogens is 6. The number of aromatic nitrogens is 1. The van der Waals surface area contributed by atoms with Crippen molar-refractivity contribution in [2.24, 2.45) is 0 Å². The molecule has 2 atom stereocenters. The van der Waals surface area contributed by atoms with Gasteiger partial charge in [0.2, 0.25) is 11.2 Å². The number of aliphatic hydroxyl groups is 1. The Hall–Kier alpha value is -2.89. The minimum absolute atomic E-state index is 0.0108. The predicted octanol–water partition coefficient (Wildman–Crippen LogP) is 4.95. The first kappa shape index (κ1) is 25.7. The van der Waals surface area contributed by atoms with Crippen LogP contribution in [-0.4, -0.2) is 42.2 Å². The lowest BCUT2D eigenvalue weighted by atomic mass is 9.87. The van der Waals surface area contributed by atoms with Crippen molar-refractivity contribution < 1.29 is 36.5 Å². The van der Waals surface area contributed by atoms with Crippen molar-refractivity contribution >= 4 is 28.2 Å². The van der Waals surface area contributed by atoms with Gasteiger partial charge in [0, 0.05) is 29.3 Å². The molecule has 3 N–H and O–H groups in total. The Kier molecular flexibility index (Phi) is 7.39. The Labute approximate surface area is 195 Å². The number of hydrogen-bond donors (Lipinski definition) is 3. The highest BCUT2D eigenvalue weighted by molar-refractivity contribution is 6.30. The van der Waals surface area contributed by atoms with Crippen molar-refractivity contribution in [2.75, 3.05) is 25.6 Å². The second-order valence-corrected chi connectivity index (χ2v) is 7.76. The molecule has 3 rings (SSSR count). The highest BCUT2D eigenvalue weighted by Crippen LogP contribution is 2.46. The van der Waals surface area contributed by atoms with E-state index in [4.69, 9.17) is 21.1 Å². The monoisotopic (exact) mass is 506 g/mol. The number of fused-ring (bicyclic) bond motifs is 1. The molecular weight excluding hydrogens is 487 g/mol. The van der Waals surface area contributed by atoms with Crippen molar-refractivity contribution in [1.29, 1.82) is 0 Å². The molecule has 0 saturated carbocycles. The highest BCUT2D eigenvalue weighted by Gasteiger charge is 2.60. The number of ether oxygens (including phenoxy) is 2. The molecule has 2 aromatic carbocycles. The van der Waals surface area contributed by atoms with Crippen molar-refractivity contribution in [3.8, 4) is 5.75 Å². The van der Waals surface area contributed by atoms with Crippen LogP contribution in [0.1, 0.15) is 18.5 Å². The predicted molar refractivity (Wildman–Crippen MR) is 116 cm³/mol. The second-order valence-electron chi connectivity index (χ2n) is 7.36. The fourth-order valence-corrected chi connectivity index (χ4v) is 3.68. The molecule has 2 unspecified atom stereocenters. The summed E-state index contributed by atoms with van der Waals surface area (Å²) >= 11 is 5.76. The number of pyridine rings is 1. The fourth-order valence-electron chi connectivity index (χ4n) is 3.53. The third-order valence-corrected chi connectivity index (χ3v) is 5.49. The largest absolute Gasteiger partial charge is 0.493 e. The van der Waals surface area contributed by atoms with E-state index in [-0.39, 0.29) is 23.2 Å². The first-order chi connectivity index (χ1) is 15.9. The number of H-pyrrole nitrogens is 1. The summed E-state index contributed by atoms with van der Waals surface area (Å²) in [5.41, 5.74) is -4.87. The van der Waals surface area contributed by atoms with Gasteiger partial charge in [0.05, 0.1) is 30.3 Å². The molecule has 0 aliphatic carbocycles. The zero-order valence-corrected chi connectivity index (χ0v) is 18.7. The van der Waals surface area contributed by atoms with Gasteiger partial charge in [0.25, 0.3) is 0 Å². The second kappa shape index (κ2) is 9.77. The van der Waals surface area contributed by atoms with Crippen LogP contribution < -0.4 is 15.6 Å². The van der Waals surface area contributed by atoms with Gasteiger partial charge in [0.15, 0.2) is 11.6 Å². The molecule has 0 saturated heterocycles. The molecule has 12 heteroatoms. The minimum atomic E-state index is -5.29. The first-order valence-electron chi connectivity index (χ1n) is 9.90. The molecule has 0 aliphatic heterocycles. The van der Waals surface area contributed by atoms with Crippen LogP contribution in [0.5, 0.6) is 5.75 Å². The molecule has 0 spiro atoms. The molecule has 184 valence electrons. The van der Waals surface area contributed by atoms with Crippen molar-refractivity contribution in [3.63, 3.8) is 0 Å². The van der Waals surface area contributed by atoms with Gasteiger partial charge >= 0.3 is 6.18 Å². The summed E-state index contributed by atoms with van der Waals surface area (Å²) < 4.78 is 81.7. The molecule has 3 aromatic rings. The van der Waals surface area contributed by atoms with Crippen LogP contribution in [0.4, 0.5) is 27.6 Å². The molecule has 0 radical (unpaired) electrons. The Bertz CT molecular complexity index is 1250. The molecule has 1 heterocycles. The Morgan fingerprint density at radius 2 is 1.88 bits per heavy atom. The van der Waals surface area contributed by atoms with Crippen molar-refractivity contribution in [3.05, 3.63) is 69.0 Å². The Morgan fingerprint density at radius 1 is 1.18 bits per heavy atom. The molecule has 0 bridgehead atoms. The van der Waals surface area contributed by atoms with Crippen LogP contribution in [0.25, 0.3) is 10.9 Å². The average Bonchev–Trinajstić information content (AvgIpc) is 2.76. The summed E-state index contributed by atoms with van der Waals surface area (Å²) in [5.74, 6) is -2.69. The summed E-state index contributed by atoms with van der Waals surface area (Å²) in [6.07, 6.45) is -5.29. The van der Waals surface area contributed by atoms with Crippen LogP contribution in [0.15, 0.2) is 41.2 Å². The van der Waals surface area contributed by atoms with E-state index in [1.165, 1.54) is 13.0 Å². The summed E-state index contributed by atoms with van der Waals surface area (Å²) in [6.45, 7) is 0.0295. The quantitative estimate of drug-likeness (QED) is 0.377. The number of anilines is 1. The van der Waals surface area contributed by atoms with Gasteiger partial charge in [-0.05, 0) is 31.2 Å². The zero-order valence-electron chi connectivity index (χ0n) is 17.9. The van der Waals surface area contributed by atoms with Crippen molar-refractivity contribution in [2.45, 2.75) is 24.7 Å². The summed E-state index contributed by atoms with van der Waals surface area (Å²) in [6, 6.07) is 4.12. The van der Waals surface area contributed by atoms with Crippen LogP contribution in [0, 0.1) is 11.6 Å². The van der Waals surface area contributed by atoms with E-state index in [1.54, 1.807) is 0 Å². The van der Waals surface area contributed by atoms with E-state index in [2.05, 4.69) is 10.3 Å². The average molecular weight is 507 g/mol. The molecular formula is C22H20ClF5N2O4. The lowest BCUT2D eigenvalue weighted by Gasteiger charge is -2.39. The smallest absolute Gasteiger partial charge is 0.421 e. The molecule has 34 heavy (non-hydrogen) atoms. The third kappa shape index (κ3) is 4.82. The standard InChI is InChI=1S/C22H20ClF5N2O4/c1-3-34-10-21(32,22(26,27)28)20(13-4-6-14(23)18(25)19(13)33-2)30-16-9-11(24)8-15-12(16)5-7-17(31)29-15/h4-9,20,30,32H,3,10H2,1-2H3,(H,29,31). The van der Waals surface area contributed by atoms with Gasteiger partial charge in [-0.25, -0.2) is 8.78 Å². The Morgan fingerprint density at radius 3 is 2.50 bits per heavy atom. The number of aromatic amines is 1. The number of nitrogens with one attached hydrogen (secondary N) is 2. The van der Waals surface area contributed by atoms with Crippen LogP contribution in [0.2, 0.25) is 5.02 Å². The van der Waals surface area contributed by atoms with E-state index in [1.807, 2.05) is 0 Å².